The third kappa shape index (κ3) is 7.09. The third-order valence-electron chi connectivity index (χ3n) is 6.40. The lowest BCUT2D eigenvalue weighted by Gasteiger charge is -2.24. The van der Waals surface area contributed by atoms with Crippen LogP contribution in [0.15, 0.2) is 82.9 Å². The van der Waals surface area contributed by atoms with E-state index in [0.717, 1.165) is 11.3 Å². The number of aliphatic hydroxyl groups is 1. The summed E-state index contributed by atoms with van der Waals surface area (Å²) >= 11 is 0. The summed E-state index contributed by atoms with van der Waals surface area (Å²) in [6.07, 6.45) is 1.34. The Hall–Kier alpha value is -4.57. The number of hydrogen-bond acceptors (Lipinski definition) is 8. The molecule has 3 N–H and O–H groups in total. The number of ether oxygens (including phenoxy) is 3. The Balaban J connectivity index is 1.52. The lowest BCUT2D eigenvalue weighted by atomic mass is 9.91. The van der Waals surface area contributed by atoms with Crippen LogP contribution in [0.4, 0.5) is 5.69 Å². The van der Waals surface area contributed by atoms with E-state index in [1.54, 1.807) is 49.6 Å². The first kappa shape index (κ1) is 28.4. The molecule has 4 rings (SSSR count). The molecule has 0 fully saturated rings. The molecule has 0 saturated carbocycles. The van der Waals surface area contributed by atoms with Crippen molar-refractivity contribution in [3.8, 4) is 11.5 Å². The number of hydrazine groups is 1. The first-order chi connectivity index (χ1) is 19.6. The van der Waals surface area contributed by atoms with Gasteiger partial charge >= 0.3 is 0 Å². The second-order valence-electron chi connectivity index (χ2n) is 9.12. The minimum atomic E-state index is -1.30. The fraction of sp³-hybridized carbons (Fsp3) is 0.310. The minimum absolute atomic E-state index is 0.00169. The number of hydrogen-bond donors (Lipinski definition) is 3. The van der Waals surface area contributed by atoms with Crippen LogP contribution in [0.5, 0.6) is 11.5 Å². The summed E-state index contributed by atoms with van der Waals surface area (Å²) in [6, 6.07) is 22.0. The van der Waals surface area contributed by atoms with Crippen molar-refractivity contribution >= 4 is 17.5 Å². The van der Waals surface area contributed by atoms with Gasteiger partial charge in [0.2, 0.25) is 5.90 Å². The molecule has 208 valence electrons. The summed E-state index contributed by atoms with van der Waals surface area (Å²) in [4.78, 5) is 21.3. The third-order valence-corrected chi connectivity index (χ3v) is 6.40. The molecule has 11 heteroatoms. The molecule has 0 radical (unpaired) electrons. The predicted molar refractivity (Wildman–Crippen MR) is 151 cm³/mol. The molecule has 1 aliphatic rings. The lowest BCUT2D eigenvalue weighted by molar-refractivity contribution is -0.127. The van der Waals surface area contributed by atoms with E-state index >= 15 is 0 Å². The van der Waals surface area contributed by atoms with E-state index in [-0.39, 0.29) is 25.5 Å². The fourth-order valence-electron chi connectivity index (χ4n) is 4.32. The highest BCUT2D eigenvalue weighted by molar-refractivity contribution is 6.00. The number of azide groups is 1. The molecular weight excluding hydrogens is 512 g/mol. The van der Waals surface area contributed by atoms with E-state index in [1.807, 2.05) is 30.3 Å². The number of carbonyl (C=O) groups is 1. The average molecular weight is 545 g/mol. The number of rotatable bonds is 14. The number of carbonyl (C=O) groups excluding carboxylic acids is 1. The molecule has 0 bridgehead atoms. The molecule has 1 atom stereocenters. The molecule has 1 amide bonds. The first-order valence-electron chi connectivity index (χ1n) is 12.9. The normalized spacial score (nSPS) is 15.9. The number of aliphatic hydroxyl groups excluding tert-OH is 1. The van der Waals surface area contributed by atoms with Crippen molar-refractivity contribution in [2.24, 2.45) is 10.1 Å². The van der Waals surface area contributed by atoms with Crippen LogP contribution >= 0.6 is 0 Å². The van der Waals surface area contributed by atoms with Crippen LogP contribution in [0.2, 0.25) is 0 Å². The monoisotopic (exact) mass is 544 g/mol. The maximum atomic E-state index is 13.6. The van der Waals surface area contributed by atoms with Gasteiger partial charge in [-0.2, -0.15) is 0 Å². The molecule has 3 aromatic rings. The Morgan fingerprint density at radius 2 is 1.88 bits per heavy atom. The molecule has 11 nitrogen and oxygen atoms in total. The van der Waals surface area contributed by atoms with Gasteiger partial charge in [-0.05, 0) is 53.4 Å². The second kappa shape index (κ2) is 14.0. The largest absolute Gasteiger partial charge is 0.496 e. The van der Waals surface area contributed by atoms with E-state index < -0.39 is 5.54 Å². The van der Waals surface area contributed by atoms with Crippen LogP contribution in [0, 0.1) is 0 Å². The zero-order valence-corrected chi connectivity index (χ0v) is 22.2. The lowest BCUT2D eigenvalue weighted by Crippen LogP contribution is -2.53. The van der Waals surface area contributed by atoms with Gasteiger partial charge in [-0.25, -0.2) is 10.4 Å². The molecule has 1 aliphatic heterocycles. The predicted octanol–water partition coefficient (Wildman–Crippen LogP) is 4.02. The van der Waals surface area contributed by atoms with Crippen LogP contribution < -0.4 is 20.3 Å². The molecule has 0 saturated heterocycles. The Kier molecular flexibility index (Phi) is 9.95. The Labute approximate surface area is 232 Å². The number of methoxy groups -OCH3 is 1. The topological polar surface area (TPSA) is 150 Å². The van der Waals surface area contributed by atoms with Crippen LogP contribution in [-0.2, 0) is 22.4 Å². The second-order valence-corrected chi connectivity index (χ2v) is 9.12. The van der Waals surface area contributed by atoms with Crippen LogP contribution in [0.25, 0.3) is 10.4 Å². The quantitative estimate of drug-likeness (QED) is 0.0917. The van der Waals surface area contributed by atoms with Gasteiger partial charge in [0.15, 0.2) is 5.54 Å². The molecule has 0 spiro atoms. The van der Waals surface area contributed by atoms with Crippen molar-refractivity contribution in [3.05, 3.63) is 99.9 Å². The summed E-state index contributed by atoms with van der Waals surface area (Å²) in [6.45, 7) is 0.935. The Morgan fingerprint density at radius 3 is 2.62 bits per heavy atom. The summed E-state index contributed by atoms with van der Waals surface area (Å²) in [5, 5.41) is 12.7. The molecule has 0 aromatic heterocycles. The molecule has 0 aliphatic carbocycles. The number of aliphatic imine (C=N–C) groups is 1. The van der Waals surface area contributed by atoms with Gasteiger partial charge in [0.25, 0.3) is 5.91 Å². The minimum Gasteiger partial charge on any atom is -0.496 e. The van der Waals surface area contributed by atoms with Crippen LogP contribution in [-0.4, -0.2) is 55.9 Å². The van der Waals surface area contributed by atoms with Crippen molar-refractivity contribution < 1.29 is 24.1 Å². The van der Waals surface area contributed by atoms with Gasteiger partial charge in [-0.1, -0.05) is 47.6 Å². The van der Waals surface area contributed by atoms with E-state index in [0.29, 0.717) is 54.5 Å². The van der Waals surface area contributed by atoms with E-state index in [4.69, 9.17) is 29.8 Å². The summed E-state index contributed by atoms with van der Waals surface area (Å²) in [5.41, 5.74) is 16.3. The Morgan fingerprint density at radius 1 is 1.12 bits per heavy atom. The van der Waals surface area contributed by atoms with Gasteiger partial charge in [0, 0.05) is 42.2 Å². The van der Waals surface area contributed by atoms with Gasteiger partial charge in [-0.3, -0.25) is 10.2 Å². The summed E-state index contributed by atoms with van der Waals surface area (Å²) in [7, 11) is 1.62. The SMILES string of the molecule is COc1ccccc1CCNNC(=O)[C@]1(Cc2ccccc2N=[N+]=[N-])COC(c2ccc(OCCCO)cc2)=N1. The van der Waals surface area contributed by atoms with Gasteiger partial charge in [-0.15, -0.1) is 0 Å². The molecular formula is C29H32N6O5. The molecule has 40 heavy (non-hydrogen) atoms. The number of nitrogens with one attached hydrogen (secondary N) is 2. The highest BCUT2D eigenvalue weighted by atomic mass is 16.5. The van der Waals surface area contributed by atoms with E-state index in [1.165, 1.54) is 0 Å². The van der Waals surface area contributed by atoms with E-state index in [9.17, 15) is 4.79 Å². The van der Waals surface area contributed by atoms with E-state index in [2.05, 4.69) is 20.9 Å². The average Bonchev–Trinajstić information content (AvgIpc) is 3.42. The summed E-state index contributed by atoms with van der Waals surface area (Å²) < 4.78 is 17.0. The number of amides is 1. The number of para-hydroxylation sites is 1. The smallest absolute Gasteiger partial charge is 0.266 e. The standard InChI is InChI=1S/C29H32N6O5/c1-38-26-10-5-3-7-21(26)15-16-31-34-28(37)29(19-23-8-2-4-9-25(23)33-35-30)20-40-27(32-29)22-11-13-24(14-12-22)39-18-6-17-36/h2-5,7-14,31,36H,6,15-20H2,1H3,(H,34,37)/t29-/m0/s1. The van der Waals surface area contributed by atoms with Crippen molar-refractivity contribution in [2.75, 3.05) is 33.5 Å². The van der Waals surface area contributed by atoms with Crippen molar-refractivity contribution in [1.29, 1.82) is 0 Å². The highest BCUT2D eigenvalue weighted by Gasteiger charge is 2.45. The molecule has 0 unspecified atom stereocenters. The Bertz CT molecular complexity index is 1370. The van der Waals surface area contributed by atoms with Gasteiger partial charge in [0.05, 0.1) is 13.7 Å². The van der Waals surface area contributed by atoms with Gasteiger partial charge < -0.3 is 19.3 Å². The van der Waals surface area contributed by atoms with Crippen LogP contribution in [0.3, 0.4) is 0 Å². The number of benzene rings is 3. The molecule has 1 heterocycles. The van der Waals surface area contributed by atoms with Crippen LogP contribution in [0.1, 0.15) is 23.1 Å². The highest BCUT2D eigenvalue weighted by Crippen LogP contribution is 2.31. The maximum Gasteiger partial charge on any atom is 0.266 e. The van der Waals surface area contributed by atoms with Gasteiger partial charge in [0.1, 0.15) is 18.1 Å². The fourth-order valence-corrected chi connectivity index (χ4v) is 4.32. The zero-order chi connectivity index (χ0) is 28.2. The van der Waals surface area contributed by atoms with Crippen molar-refractivity contribution in [3.63, 3.8) is 0 Å². The van der Waals surface area contributed by atoms with Crippen molar-refractivity contribution in [1.82, 2.24) is 10.9 Å². The number of nitrogens with zero attached hydrogens (tertiary/aromatic N) is 4. The molecule has 3 aromatic carbocycles. The first-order valence-corrected chi connectivity index (χ1v) is 12.9. The zero-order valence-electron chi connectivity index (χ0n) is 22.2. The maximum absolute atomic E-state index is 13.6. The summed E-state index contributed by atoms with van der Waals surface area (Å²) in [5.74, 6) is 1.39. The van der Waals surface area contributed by atoms with Crippen molar-refractivity contribution in [2.45, 2.75) is 24.8 Å².